The third-order valence-electron chi connectivity index (χ3n) is 5.16. The zero-order valence-corrected chi connectivity index (χ0v) is 16.3. The fourth-order valence-corrected chi connectivity index (χ4v) is 3.87. The summed E-state index contributed by atoms with van der Waals surface area (Å²) in [7, 11) is 0. The number of rotatable bonds is 4. The van der Waals surface area contributed by atoms with Gasteiger partial charge in [-0.1, -0.05) is 72.8 Å². The first-order chi connectivity index (χ1) is 13.5. The average Bonchev–Trinajstić information content (AvgIpc) is 2.72. The summed E-state index contributed by atoms with van der Waals surface area (Å²) in [4.78, 5) is 15.4. The van der Waals surface area contributed by atoms with Crippen molar-refractivity contribution in [3.8, 4) is 5.75 Å². The van der Waals surface area contributed by atoms with Crippen molar-refractivity contribution in [1.82, 2.24) is 0 Å². The van der Waals surface area contributed by atoms with E-state index in [0.29, 0.717) is 13.0 Å². The first-order valence-electron chi connectivity index (χ1n) is 9.72. The van der Waals surface area contributed by atoms with Gasteiger partial charge >= 0.3 is 0 Å². The molecule has 3 heteroatoms. The van der Waals surface area contributed by atoms with E-state index in [0.717, 1.165) is 22.6 Å². The molecule has 1 aliphatic rings. The van der Waals surface area contributed by atoms with Crippen LogP contribution >= 0.6 is 0 Å². The lowest BCUT2D eigenvalue weighted by atomic mass is 9.88. The van der Waals surface area contributed by atoms with Crippen LogP contribution in [0.5, 0.6) is 5.75 Å². The van der Waals surface area contributed by atoms with Crippen molar-refractivity contribution in [3.63, 3.8) is 0 Å². The molecule has 0 fully saturated rings. The topological polar surface area (TPSA) is 29.5 Å². The van der Waals surface area contributed by atoms with Gasteiger partial charge in [0.05, 0.1) is 12.2 Å². The van der Waals surface area contributed by atoms with Crippen LogP contribution in [0, 0.1) is 0 Å². The van der Waals surface area contributed by atoms with Gasteiger partial charge in [-0.2, -0.15) is 0 Å². The summed E-state index contributed by atoms with van der Waals surface area (Å²) < 4.78 is 6.08. The Morgan fingerprint density at radius 2 is 1.43 bits per heavy atom. The second-order valence-corrected chi connectivity index (χ2v) is 7.89. The fourth-order valence-electron chi connectivity index (χ4n) is 3.87. The Balaban J connectivity index is 1.67. The molecule has 0 aliphatic carbocycles. The number of hydrogen-bond acceptors (Lipinski definition) is 2. The molecule has 1 aliphatic heterocycles. The lowest BCUT2D eigenvalue weighted by Gasteiger charge is -2.40. The Bertz CT molecular complexity index is 911. The van der Waals surface area contributed by atoms with Gasteiger partial charge in [0.1, 0.15) is 11.4 Å². The predicted octanol–water partition coefficient (Wildman–Crippen LogP) is 5.41. The number of para-hydroxylation sites is 2. The van der Waals surface area contributed by atoms with Crippen molar-refractivity contribution >= 4 is 11.6 Å². The van der Waals surface area contributed by atoms with Gasteiger partial charge in [-0.3, -0.25) is 4.79 Å². The molecule has 142 valence electrons. The van der Waals surface area contributed by atoms with Crippen LogP contribution in [0.15, 0.2) is 84.9 Å². The molecule has 4 rings (SSSR count). The van der Waals surface area contributed by atoms with Crippen molar-refractivity contribution < 1.29 is 9.53 Å². The lowest BCUT2D eigenvalue weighted by molar-refractivity contribution is -0.119. The van der Waals surface area contributed by atoms with Gasteiger partial charge in [0.25, 0.3) is 0 Å². The van der Waals surface area contributed by atoms with Crippen LogP contribution in [-0.2, 0) is 4.79 Å². The van der Waals surface area contributed by atoms with Gasteiger partial charge in [-0.15, -0.1) is 0 Å². The van der Waals surface area contributed by atoms with Gasteiger partial charge < -0.3 is 9.64 Å². The Hall–Kier alpha value is -3.07. The summed E-state index contributed by atoms with van der Waals surface area (Å²) in [5, 5.41) is 0. The number of benzene rings is 3. The normalized spacial score (nSPS) is 15.0. The van der Waals surface area contributed by atoms with Crippen molar-refractivity contribution in [1.29, 1.82) is 0 Å². The molecule has 1 heterocycles. The number of hydrogen-bond donors (Lipinski definition) is 0. The van der Waals surface area contributed by atoms with Crippen LogP contribution in [0.1, 0.15) is 37.3 Å². The quantitative estimate of drug-likeness (QED) is 0.613. The minimum atomic E-state index is -0.418. The van der Waals surface area contributed by atoms with E-state index in [-0.39, 0.29) is 11.8 Å². The molecule has 1 amide bonds. The maximum atomic E-state index is 13.5. The minimum absolute atomic E-state index is 0.0213. The highest BCUT2D eigenvalue weighted by Gasteiger charge is 2.35. The van der Waals surface area contributed by atoms with E-state index in [2.05, 4.69) is 24.3 Å². The van der Waals surface area contributed by atoms with Crippen LogP contribution in [0.2, 0.25) is 0 Å². The van der Waals surface area contributed by atoms with Gasteiger partial charge in [-0.25, -0.2) is 0 Å². The highest BCUT2D eigenvalue weighted by Crippen LogP contribution is 2.38. The van der Waals surface area contributed by atoms with E-state index in [1.165, 1.54) is 0 Å². The number of nitrogens with zero attached hydrogens (tertiary/aromatic N) is 1. The average molecular weight is 371 g/mol. The summed E-state index contributed by atoms with van der Waals surface area (Å²) in [6.07, 6.45) is 0.415. The highest BCUT2D eigenvalue weighted by molar-refractivity contribution is 5.96. The molecule has 0 atom stereocenters. The second kappa shape index (κ2) is 7.51. The molecule has 3 aromatic carbocycles. The fraction of sp³-hybridized carbons (Fsp3) is 0.240. The van der Waals surface area contributed by atoms with E-state index in [1.807, 2.05) is 79.4 Å². The summed E-state index contributed by atoms with van der Waals surface area (Å²) in [6.45, 7) is 4.59. The first-order valence-corrected chi connectivity index (χ1v) is 9.72. The number of amides is 1. The van der Waals surface area contributed by atoms with Gasteiger partial charge in [0.2, 0.25) is 5.91 Å². The summed E-state index contributed by atoms with van der Waals surface area (Å²) in [6, 6.07) is 28.3. The molecule has 3 aromatic rings. The van der Waals surface area contributed by atoms with Crippen molar-refractivity contribution in [2.45, 2.75) is 31.8 Å². The SMILES string of the molecule is CC1(C)CN(C(=O)CC(c2ccccc2)c2ccccc2)c2ccccc2O1. The molecule has 0 radical (unpaired) electrons. The zero-order chi connectivity index (χ0) is 19.6. The summed E-state index contributed by atoms with van der Waals surface area (Å²) >= 11 is 0. The molecule has 0 saturated heterocycles. The summed E-state index contributed by atoms with van der Waals surface area (Å²) in [5.74, 6) is 0.901. The minimum Gasteiger partial charge on any atom is -0.484 e. The van der Waals surface area contributed by atoms with E-state index >= 15 is 0 Å². The number of fused-ring (bicyclic) bond motifs is 1. The number of carbonyl (C=O) groups is 1. The van der Waals surface area contributed by atoms with Crippen LogP contribution in [0.3, 0.4) is 0 Å². The van der Waals surface area contributed by atoms with Crippen LogP contribution < -0.4 is 9.64 Å². The number of ether oxygens (including phenoxy) is 1. The van der Waals surface area contributed by atoms with Crippen molar-refractivity contribution in [2.24, 2.45) is 0 Å². The number of anilines is 1. The van der Waals surface area contributed by atoms with Gasteiger partial charge in [-0.05, 0) is 37.1 Å². The Morgan fingerprint density at radius 1 is 0.893 bits per heavy atom. The third kappa shape index (κ3) is 3.79. The lowest BCUT2D eigenvalue weighted by Crippen LogP contribution is -2.49. The second-order valence-electron chi connectivity index (χ2n) is 7.89. The molecule has 0 spiro atoms. The number of carbonyl (C=O) groups excluding carboxylic acids is 1. The zero-order valence-electron chi connectivity index (χ0n) is 16.3. The molecule has 0 N–H and O–H groups in total. The smallest absolute Gasteiger partial charge is 0.228 e. The Kier molecular flexibility index (Phi) is 4.91. The standard InChI is InChI=1S/C25H25NO2/c1-25(2)18-26(22-15-9-10-16-23(22)28-25)24(27)17-21(19-11-5-3-6-12-19)20-13-7-4-8-14-20/h3-16,21H,17-18H2,1-2H3. The Labute approximate surface area is 166 Å². The predicted molar refractivity (Wildman–Crippen MR) is 113 cm³/mol. The van der Waals surface area contributed by atoms with Gasteiger partial charge in [0.15, 0.2) is 0 Å². The van der Waals surface area contributed by atoms with E-state index in [9.17, 15) is 4.79 Å². The van der Waals surface area contributed by atoms with Crippen LogP contribution in [0.25, 0.3) is 0 Å². The molecule has 28 heavy (non-hydrogen) atoms. The van der Waals surface area contributed by atoms with E-state index in [4.69, 9.17) is 4.74 Å². The monoisotopic (exact) mass is 371 g/mol. The largest absolute Gasteiger partial charge is 0.484 e. The van der Waals surface area contributed by atoms with E-state index in [1.54, 1.807) is 0 Å². The Morgan fingerprint density at radius 3 is 2.04 bits per heavy atom. The van der Waals surface area contributed by atoms with Crippen LogP contribution in [0.4, 0.5) is 5.69 Å². The molecule has 3 nitrogen and oxygen atoms in total. The van der Waals surface area contributed by atoms with Crippen molar-refractivity contribution in [3.05, 3.63) is 96.1 Å². The molecule has 0 saturated carbocycles. The summed E-state index contributed by atoms with van der Waals surface area (Å²) in [5.41, 5.74) is 2.75. The van der Waals surface area contributed by atoms with Crippen LogP contribution in [-0.4, -0.2) is 18.1 Å². The van der Waals surface area contributed by atoms with E-state index < -0.39 is 5.60 Å². The molecular weight excluding hydrogens is 346 g/mol. The first kappa shape index (κ1) is 18.3. The molecule has 0 bridgehead atoms. The maximum absolute atomic E-state index is 13.5. The molecule has 0 aromatic heterocycles. The maximum Gasteiger partial charge on any atom is 0.228 e. The highest BCUT2D eigenvalue weighted by atomic mass is 16.5. The molecular formula is C25H25NO2. The third-order valence-corrected chi connectivity index (χ3v) is 5.16. The molecule has 0 unspecified atom stereocenters. The van der Waals surface area contributed by atoms with Crippen molar-refractivity contribution in [2.75, 3.05) is 11.4 Å². The van der Waals surface area contributed by atoms with Gasteiger partial charge in [0, 0.05) is 12.3 Å².